The first-order valence-corrected chi connectivity index (χ1v) is 7.47. The molecule has 1 fully saturated rings. The van der Waals surface area contributed by atoms with Gasteiger partial charge in [0, 0.05) is 25.2 Å². The summed E-state index contributed by atoms with van der Waals surface area (Å²) in [6.45, 7) is 1.36. The number of benzene rings is 1. The Labute approximate surface area is 137 Å². The smallest absolute Gasteiger partial charge is 0.157 e. The summed E-state index contributed by atoms with van der Waals surface area (Å²) < 4.78 is 32.7. The number of nitrogens with one attached hydrogen (secondary N) is 1. The molecular weight excluding hydrogens is 326 g/mol. The second kappa shape index (κ2) is 6.64. The third kappa shape index (κ3) is 3.20. The molecule has 3 rings (SSSR count). The van der Waals surface area contributed by atoms with E-state index in [-0.39, 0.29) is 0 Å². The molecule has 0 saturated carbocycles. The van der Waals surface area contributed by atoms with Gasteiger partial charge in [0.15, 0.2) is 11.0 Å². The lowest BCUT2D eigenvalue weighted by Gasteiger charge is -2.34. The lowest BCUT2D eigenvalue weighted by Crippen LogP contribution is -2.39. The van der Waals surface area contributed by atoms with Crippen molar-refractivity contribution in [2.75, 3.05) is 37.0 Å². The molecule has 1 saturated heterocycles. The van der Waals surface area contributed by atoms with Crippen LogP contribution in [0.4, 0.5) is 20.3 Å². The predicted octanol–water partition coefficient (Wildman–Crippen LogP) is 3.03. The minimum atomic E-state index is -0.619. The van der Waals surface area contributed by atoms with Crippen molar-refractivity contribution in [2.24, 2.45) is 0 Å². The quantitative estimate of drug-likeness (QED) is 0.870. The summed E-state index contributed by atoms with van der Waals surface area (Å²) in [5.41, 5.74) is 0.927. The van der Waals surface area contributed by atoms with E-state index < -0.39 is 17.7 Å². The van der Waals surface area contributed by atoms with Crippen molar-refractivity contribution in [1.29, 1.82) is 0 Å². The molecule has 5 nitrogen and oxygen atoms in total. The molecular formula is C15H15ClF2N4O. The average Bonchev–Trinajstić information content (AvgIpc) is 2.54. The minimum absolute atomic E-state index is 0.313. The lowest BCUT2D eigenvalue weighted by atomic mass is 10.1. The molecule has 1 atom stereocenters. The molecule has 1 N–H and O–H groups in total. The summed E-state index contributed by atoms with van der Waals surface area (Å²) in [7, 11) is 1.73. The summed E-state index contributed by atoms with van der Waals surface area (Å²) >= 11 is 6.07. The second-order valence-corrected chi connectivity index (χ2v) is 5.44. The summed E-state index contributed by atoms with van der Waals surface area (Å²) in [6.07, 6.45) is 0.865. The second-order valence-electron chi connectivity index (χ2n) is 5.08. The van der Waals surface area contributed by atoms with E-state index >= 15 is 0 Å². The number of nitrogens with zero attached hydrogens (tertiary/aromatic N) is 3. The SMILES string of the molecule is CNc1c(Cl)ncnc1N1CCOC(c2ccc(F)cc2F)C1. The van der Waals surface area contributed by atoms with Crippen LogP contribution in [0.3, 0.4) is 0 Å². The number of hydrogen-bond acceptors (Lipinski definition) is 5. The van der Waals surface area contributed by atoms with Crippen LogP contribution < -0.4 is 10.2 Å². The van der Waals surface area contributed by atoms with Gasteiger partial charge < -0.3 is 15.0 Å². The van der Waals surface area contributed by atoms with E-state index in [0.29, 0.717) is 41.9 Å². The zero-order valence-corrected chi connectivity index (χ0v) is 13.1. The Balaban J connectivity index is 1.88. The molecule has 0 amide bonds. The highest BCUT2D eigenvalue weighted by Gasteiger charge is 2.27. The van der Waals surface area contributed by atoms with Gasteiger partial charge in [0.25, 0.3) is 0 Å². The molecule has 1 aliphatic heterocycles. The normalized spacial score (nSPS) is 18.1. The molecule has 23 heavy (non-hydrogen) atoms. The average molecular weight is 341 g/mol. The van der Waals surface area contributed by atoms with Crippen molar-refractivity contribution in [3.63, 3.8) is 0 Å². The molecule has 122 valence electrons. The third-order valence-corrected chi connectivity index (χ3v) is 3.99. The van der Waals surface area contributed by atoms with Crippen LogP contribution in [-0.2, 0) is 4.74 Å². The fraction of sp³-hybridized carbons (Fsp3) is 0.333. The first-order chi connectivity index (χ1) is 11.1. The fourth-order valence-corrected chi connectivity index (χ4v) is 2.83. The Kier molecular flexibility index (Phi) is 4.58. The predicted molar refractivity (Wildman–Crippen MR) is 83.9 cm³/mol. The van der Waals surface area contributed by atoms with Gasteiger partial charge in [-0.25, -0.2) is 18.7 Å². The molecule has 0 bridgehead atoms. The van der Waals surface area contributed by atoms with Crippen molar-refractivity contribution in [3.8, 4) is 0 Å². The molecule has 0 aliphatic carbocycles. The van der Waals surface area contributed by atoms with E-state index in [1.165, 1.54) is 18.5 Å². The van der Waals surface area contributed by atoms with Crippen molar-refractivity contribution in [1.82, 2.24) is 9.97 Å². The van der Waals surface area contributed by atoms with Crippen LogP contribution in [0.5, 0.6) is 0 Å². The Hall–Kier alpha value is -1.99. The number of rotatable bonds is 3. The van der Waals surface area contributed by atoms with Gasteiger partial charge in [-0.15, -0.1) is 0 Å². The van der Waals surface area contributed by atoms with E-state index in [1.54, 1.807) is 7.05 Å². The maximum absolute atomic E-state index is 14.0. The fourth-order valence-electron chi connectivity index (χ4n) is 2.60. The topological polar surface area (TPSA) is 50.3 Å². The highest BCUT2D eigenvalue weighted by atomic mass is 35.5. The van der Waals surface area contributed by atoms with E-state index in [4.69, 9.17) is 16.3 Å². The van der Waals surface area contributed by atoms with Gasteiger partial charge in [0.1, 0.15) is 29.8 Å². The van der Waals surface area contributed by atoms with Gasteiger partial charge in [0.05, 0.1) is 13.2 Å². The van der Waals surface area contributed by atoms with Gasteiger partial charge in [-0.2, -0.15) is 0 Å². The minimum Gasteiger partial charge on any atom is -0.383 e. The standard InChI is InChI=1S/C15H15ClF2N4O/c1-19-13-14(16)20-8-21-15(13)22-4-5-23-12(7-22)10-3-2-9(17)6-11(10)18/h2-3,6,8,12,19H,4-5,7H2,1H3. The van der Waals surface area contributed by atoms with E-state index in [0.717, 1.165) is 6.07 Å². The van der Waals surface area contributed by atoms with Crippen LogP contribution in [0.25, 0.3) is 0 Å². The van der Waals surface area contributed by atoms with Gasteiger partial charge >= 0.3 is 0 Å². The van der Waals surface area contributed by atoms with Crippen molar-refractivity contribution < 1.29 is 13.5 Å². The van der Waals surface area contributed by atoms with E-state index in [2.05, 4.69) is 15.3 Å². The molecule has 2 heterocycles. The third-order valence-electron chi connectivity index (χ3n) is 3.71. The van der Waals surface area contributed by atoms with Crippen molar-refractivity contribution in [2.45, 2.75) is 6.10 Å². The zero-order chi connectivity index (χ0) is 16.4. The first-order valence-electron chi connectivity index (χ1n) is 7.10. The maximum Gasteiger partial charge on any atom is 0.157 e. The summed E-state index contributed by atoms with van der Waals surface area (Å²) in [5.74, 6) is -0.603. The first kappa shape index (κ1) is 15.9. The van der Waals surface area contributed by atoms with Gasteiger partial charge in [-0.1, -0.05) is 17.7 Å². The monoisotopic (exact) mass is 340 g/mol. The van der Waals surface area contributed by atoms with Crippen LogP contribution in [0.2, 0.25) is 5.15 Å². The van der Waals surface area contributed by atoms with Crippen molar-refractivity contribution in [3.05, 3.63) is 46.9 Å². The van der Waals surface area contributed by atoms with Gasteiger partial charge in [0.2, 0.25) is 0 Å². The number of ether oxygens (including phenoxy) is 1. The van der Waals surface area contributed by atoms with Gasteiger partial charge in [-0.05, 0) is 6.07 Å². The summed E-state index contributed by atoms with van der Waals surface area (Å²) in [6, 6.07) is 3.49. The zero-order valence-electron chi connectivity index (χ0n) is 12.4. The molecule has 1 aromatic carbocycles. The number of anilines is 2. The summed E-state index contributed by atoms with van der Waals surface area (Å²) in [4.78, 5) is 10.1. The highest BCUT2D eigenvalue weighted by Crippen LogP contribution is 2.33. The largest absolute Gasteiger partial charge is 0.383 e. The van der Waals surface area contributed by atoms with Crippen LogP contribution in [0.1, 0.15) is 11.7 Å². The number of morpholine rings is 1. The molecule has 8 heteroatoms. The molecule has 2 aromatic rings. The Morgan fingerprint density at radius 2 is 2.17 bits per heavy atom. The Bertz CT molecular complexity index is 716. The van der Waals surface area contributed by atoms with E-state index in [1.807, 2.05) is 4.90 Å². The highest BCUT2D eigenvalue weighted by molar-refractivity contribution is 6.32. The molecule has 0 radical (unpaired) electrons. The number of aromatic nitrogens is 2. The van der Waals surface area contributed by atoms with Crippen LogP contribution in [-0.4, -0.2) is 36.7 Å². The van der Waals surface area contributed by atoms with Crippen molar-refractivity contribution >= 4 is 23.1 Å². The molecule has 1 aliphatic rings. The number of halogens is 3. The number of hydrogen-bond donors (Lipinski definition) is 1. The molecule has 1 unspecified atom stereocenters. The Morgan fingerprint density at radius 3 is 2.91 bits per heavy atom. The lowest BCUT2D eigenvalue weighted by molar-refractivity contribution is 0.0372. The molecule has 1 aromatic heterocycles. The Morgan fingerprint density at radius 1 is 1.35 bits per heavy atom. The molecule has 0 spiro atoms. The van der Waals surface area contributed by atoms with Crippen LogP contribution in [0.15, 0.2) is 24.5 Å². The summed E-state index contributed by atoms with van der Waals surface area (Å²) in [5, 5.41) is 3.28. The van der Waals surface area contributed by atoms with E-state index in [9.17, 15) is 8.78 Å². The maximum atomic E-state index is 14.0. The van der Waals surface area contributed by atoms with Crippen LogP contribution in [0, 0.1) is 11.6 Å². The van der Waals surface area contributed by atoms with Crippen LogP contribution >= 0.6 is 11.6 Å². The van der Waals surface area contributed by atoms with Gasteiger partial charge in [-0.3, -0.25) is 0 Å².